The topological polar surface area (TPSA) is 120 Å². The second kappa shape index (κ2) is 12.8. The summed E-state index contributed by atoms with van der Waals surface area (Å²) in [5.41, 5.74) is 3.13. The van der Waals surface area contributed by atoms with E-state index >= 15 is 0 Å². The third kappa shape index (κ3) is 6.88. The molecule has 1 fully saturated rings. The minimum atomic E-state index is -4.11. The molecule has 8 nitrogen and oxygen atoms in total. The average molecular weight is 598 g/mol. The number of nitrogens with one attached hydrogen (secondary N) is 1. The Balaban J connectivity index is 1.53. The highest BCUT2D eigenvalue weighted by Gasteiger charge is 2.37. The Hall–Kier alpha value is -3.06. The number of hydrogen-bond acceptors (Lipinski definition) is 7. The molecule has 2 heterocycles. The highest BCUT2D eigenvalue weighted by atomic mass is 35.5. The van der Waals surface area contributed by atoms with Crippen LogP contribution in [0.5, 0.6) is 5.75 Å². The van der Waals surface area contributed by atoms with Gasteiger partial charge in [-0.15, -0.1) is 0 Å². The molecule has 10 heteroatoms. The first kappa shape index (κ1) is 29.4. The molecule has 41 heavy (non-hydrogen) atoms. The zero-order valence-electron chi connectivity index (χ0n) is 23.0. The van der Waals surface area contributed by atoms with Crippen LogP contribution in [0.25, 0.3) is 0 Å². The number of allylic oxidation sites excluding steroid dienone is 1. The molecule has 1 aliphatic carbocycles. The lowest BCUT2D eigenvalue weighted by atomic mass is 9.70. The number of benzene rings is 2. The van der Waals surface area contributed by atoms with Crippen molar-refractivity contribution in [2.24, 2.45) is 11.8 Å². The van der Waals surface area contributed by atoms with E-state index in [4.69, 9.17) is 16.3 Å². The SMILES string of the molecule is N#CC[C@H]1CC/C=C\[C@H](O)[C@@H]2CC[C@H]2CN2CCCCc3cc(Cl)ccc3COc3ccc(cc32)C(=O)NS1(=O)=O. The van der Waals surface area contributed by atoms with Gasteiger partial charge in [0.2, 0.25) is 10.0 Å². The maximum atomic E-state index is 13.3. The summed E-state index contributed by atoms with van der Waals surface area (Å²) >= 11 is 6.28. The van der Waals surface area contributed by atoms with Crippen molar-refractivity contribution in [2.75, 3.05) is 18.0 Å². The normalized spacial score (nSPS) is 27.3. The Labute approximate surface area is 247 Å². The molecule has 2 aliphatic heterocycles. The minimum absolute atomic E-state index is 0.0956. The Morgan fingerprint density at radius 3 is 2.76 bits per heavy atom. The van der Waals surface area contributed by atoms with Gasteiger partial charge in [0.15, 0.2) is 0 Å². The molecular weight excluding hydrogens is 562 g/mol. The monoisotopic (exact) mass is 597 g/mol. The van der Waals surface area contributed by atoms with Crippen LogP contribution in [0.3, 0.4) is 0 Å². The number of fused-ring (bicyclic) bond motifs is 3. The predicted molar refractivity (Wildman–Crippen MR) is 158 cm³/mol. The fourth-order valence-electron chi connectivity index (χ4n) is 6.03. The van der Waals surface area contributed by atoms with Crippen molar-refractivity contribution in [1.29, 1.82) is 5.26 Å². The first-order valence-corrected chi connectivity index (χ1v) is 16.2. The molecule has 0 spiro atoms. The largest absolute Gasteiger partial charge is 0.487 e. The van der Waals surface area contributed by atoms with Gasteiger partial charge in [-0.1, -0.05) is 29.8 Å². The highest BCUT2D eigenvalue weighted by Crippen LogP contribution is 2.41. The lowest BCUT2D eigenvalue weighted by molar-refractivity contribution is 0.0461. The molecule has 5 rings (SSSR count). The number of rotatable bonds is 1. The third-order valence-corrected chi connectivity index (χ3v) is 10.6. The number of anilines is 1. The number of ether oxygens (including phenoxy) is 1. The van der Waals surface area contributed by atoms with Gasteiger partial charge in [-0.05, 0) is 98.2 Å². The number of aryl methyl sites for hydroxylation is 1. The van der Waals surface area contributed by atoms with Crippen LogP contribution in [-0.2, 0) is 23.1 Å². The van der Waals surface area contributed by atoms with Crippen LogP contribution in [0, 0.1) is 23.2 Å². The number of nitrogens with zero attached hydrogens (tertiary/aromatic N) is 2. The van der Waals surface area contributed by atoms with Crippen LogP contribution in [-0.4, -0.2) is 43.9 Å². The van der Waals surface area contributed by atoms with Crippen LogP contribution in [0.1, 0.15) is 66.4 Å². The van der Waals surface area contributed by atoms with Crippen molar-refractivity contribution in [3.8, 4) is 11.8 Å². The fraction of sp³-hybridized carbons (Fsp3) is 0.484. The Kier molecular flexibility index (Phi) is 9.22. The summed E-state index contributed by atoms with van der Waals surface area (Å²) in [6.07, 6.45) is 7.85. The maximum absolute atomic E-state index is 13.3. The number of carbonyl (C=O) groups excluding carboxylic acids is 1. The second-order valence-corrected chi connectivity index (χ2v) is 13.6. The Morgan fingerprint density at radius 1 is 1.12 bits per heavy atom. The Morgan fingerprint density at radius 2 is 1.98 bits per heavy atom. The molecule has 4 atom stereocenters. The second-order valence-electron chi connectivity index (χ2n) is 11.2. The number of nitriles is 1. The molecule has 218 valence electrons. The molecule has 1 saturated carbocycles. The van der Waals surface area contributed by atoms with Crippen LogP contribution in [0.15, 0.2) is 48.6 Å². The van der Waals surface area contributed by atoms with E-state index < -0.39 is 27.3 Å². The van der Waals surface area contributed by atoms with E-state index in [0.29, 0.717) is 30.3 Å². The van der Waals surface area contributed by atoms with Gasteiger partial charge < -0.3 is 14.7 Å². The van der Waals surface area contributed by atoms with Crippen molar-refractivity contribution in [3.63, 3.8) is 0 Å². The molecular formula is C31H36ClN3O5S. The summed E-state index contributed by atoms with van der Waals surface area (Å²) in [7, 11) is -4.11. The van der Waals surface area contributed by atoms with E-state index in [2.05, 4.69) is 9.62 Å². The molecule has 0 saturated heterocycles. The average Bonchev–Trinajstić information content (AvgIpc) is 2.95. The smallest absolute Gasteiger partial charge is 0.264 e. The number of aliphatic hydroxyl groups is 1. The van der Waals surface area contributed by atoms with Gasteiger partial charge in [0.25, 0.3) is 5.91 Å². The van der Waals surface area contributed by atoms with Crippen LogP contribution < -0.4 is 14.4 Å². The Bertz CT molecular complexity index is 1450. The highest BCUT2D eigenvalue weighted by molar-refractivity contribution is 7.90. The predicted octanol–water partition coefficient (Wildman–Crippen LogP) is 5.14. The molecule has 0 radical (unpaired) electrons. The summed E-state index contributed by atoms with van der Waals surface area (Å²) < 4.78 is 34.8. The van der Waals surface area contributed by atoms with Gasteiger partial charge in [-0.2, -0.15) is 5.26 Å². The van der Waals surface area contributed by atoms with E-state index in [9.17, 15) is 23.6 Å². The number of sulfonamides is 1. The van der Waals surface area contributed by atoms with Crippen molar-refractivity contribution in [1.82, 2.24) is 4.72 Å². The van der Waals surface area contributed by atoms with Gasteiger partial charge in [-0.3, -0.25) is 4.79 Å². The maximum Gasteiger partial charge on any atom is 0.264 e. The molecule has 3 aliphatic rings. The van der Waals surface area contributed by atoms with Crippen molar-refractivity contribution < 1.29 is 23.1 Å². The standard InChI is InChI=1S/C31H36ClN3O5S/c32-25-11-8-24-20-40-30-13-10-22-18-28(30)35(16-4-3-5-21(24)17-25)19-23-9-12-27(23)29(36)7-2-1-6-26(14-15-33)41(38,39)34-31(22)37/h2,7-8,10-11,13,17-18,23,26-27,29,36H,1,3-6,9,12,14,16,19-20H2,(H,34,37)/b7-2-/t23-,26+,27+,29-/m0/s1. The minimum Gasteiger partial charge on any atom is -0.487 e. The van der Waals surface area contributed by atoms with Gasteiger partial charge in [-0.25, -0.2) is 13.1 Å². The van der Waals surface area contributed by atoms with E-state index in [0.717, 1.165) is 55.5 Å². The van der Waals surface area contributed by atoms with Crippen molar-refractivity contribution in [3.05, 3.63) is 70.3 Å². The number of halogens is 1. The third-order valence-electron chi connectivity index (χ3n) is 8.59. The molecule has 1 amide bonds. The summed E-state index contributed by atoms with van der Waals surface area (Å²) in [6, 6.07) is 12.8. The van der Waals surface area contributed by atoms with Crippen molar-refractivity contribution in [2.45, 2.75) is 69.3 Å². The van der Waals surface area contributed by atoms with Crippen LogP contribution >= 0.6 is 11.6 Å². The number of amides is 1. The quantitative estimate of drug-likeness (QED) is 0.437. The van der Waals surface area contributed by atoms with E-state index in [1.54, 1.807) is 30.4 Å². The summed E-state index contributed by atoms with van der Waals surface area (Å²) in [5.74, 6) is 0.232. The zero-order valence-corrected chi connectivity index (χ0v) is 24.5. The van der Waals surface area contributed by atoms with Crippen LogP contribution in [0.2, 0.25) is 5.02 Å². The van der Waals surface area contributed by atoms with Crippen LogP contribution in [0.4, 0.5) is 5.69 Å². The zero-order chi connectivity index (χ0) is 29.0. The first-order chi connectivity index (χ1) is 19.7. The van der Waals surface area contributed by atoms with Crippen molar-refractivity contribution >= 4 is 33.2 Å². The summed E-state index contributed by atoms with van der Waals surface area (Å²) in [6.45, 7) is 1.74. The number of carbonyl (C=O) groups is 1. The summed E-state index contributed by atoms with van der Waals surface area (Å²) in [4.78, 5) is 15.5. The molecule has 0 aromatic heterocycles. The molecule has 2 aromatic carbocycles. The lowest BCUT2D eigenvalue weighted by Gasteiger charge is -2.42. The summed E-state index contributed by atoms with van der Waals surface area (Å²) in [5, 5.41) is 19.9. The molecule has 2 N–H and O–H groups in total. The number of hydrogen-bond donors (Lipinski definition) is 2. The lowest BCUT2D eigenvalue weighted by Crippen LogP contribution is -2.43. The number of aliphatic hydroxyl groups excluding tert-OH is 1. The molecule has 0 unspecified atom stereocenters. The van der Waals surface area contributed by atoms with E-state index in [-0.39, 0.29) is 30.2 Å². The van der Waals surface area contributed by atoms with E-state index in [1.165, 1.54) is 0 Å². The van der Waals surface area contributed by atoms with Gasteiger partial charge in [0, 0.05) is 23.7 Å². The van der Waals surface area contributed by atoms with Gasteiger partial charge in [0.1, 0.15) is 12.4 Å². The molecule has 2 bridgehead atoms. The molecule has 2 aromatic rings. The fourth-order valence-corrected chi connectivity index (χ4v) is 7.51. The van der Waals surface area contributed by atoms with Gasteiger partial charge >= 0.3 is 0 Å². The first-order valence-electron chi connectivity index (χ1n) is 14.3. The van der Waals surface area contributed by atoms with Gasteiger partial charge in [0.05, 0.1) is 29.5 Å². The van der Waals surface area contributed by atoms with E-state index in [1.807, 2.05) is 24.3 Å².